The van der Waals surface area contributed by atoms with Crippen molar-refractivity contribution in [3.8, 4) is 0 Å². The zero-order valence-electron chi connectivity index (χ0n) is 71.6. The Bertz CT molecular complexity index is 5570. The van der Waals surface area contributed by atoms with Gasteiger partial charge in [-0.3, -0.25) is 48.5 Å². The van der Waals surface area contributed by atoms with Gasteiger partial charge in [-0.1, -0.05) is 358 Å². The van der Waals surface area contributed by atoms with Gasteiger partial charge in [0, 0.05) is 109 Å². The van der Waals surface area contributed by atoms with Crippen LogP contribution in [-0.4, -0.2) is 60.8 Å². The predicted molar refractivity (Wildman–Crippen MR) is 551 cm³/mol. The van der Waals surface area contributed by atoms with E-state index in [-0.39, 0.29) is 102 Å². The lowest BCUT2D eigenvalue weighted by atomic mass is 9.98. The fraction of sp³-hybridized carbons (Fsp3) is 0.274. The zero-order valence-corrected chi connectivity index (χ0v) is 72.4. The lowest BCUT2D eigenvalue weighted by Gasteiger charge is -2.10. The molecule has 5 aromatic heterocycles. The molecule has 5 heterocycles. The third-order valence-electron chi connectivity index (χ3n) is 19.2. The number of carbonyl (C=O) groups excluding carboxylic acids is 7. The second-order valence-corrected chi connectivity index (χ2v) is 32.1. The van der Waals surface area contributed by atoms with Crippen molar-refractivity contribution in [1.29, 1.82) is 0 Å². The van der Waals surface area contributed by atoms with E-state index in [4.69, 9.17) is 5.73 Å². The number of thiazole rings is 1. The van der Waals surface area contributed by atoms with Crippen LogP contribution in [0.5, 0.6) is 0 Å². The number of nitrogens with one attached hydrogen (secondary N) is 2. The Kier molecular flexibility index (Phi) is 54.1. The monoisotopic (exact) mass is 1770 g/mol. The van der Waals surface area contributed by atoms with Crippen molar-refractivity contribution in [2.75, 3.05) is 10.6 Å². The highest BCUT2D eigenvalue weighted by Crippen LogP contribution is 2.27. The number of primary amides is 1. The number of amides is 3. The molecule has 0 bridgehead atoms. The molecule has 3 amide bonds. The molecule has 17 heteroatoms. The third-order valence-corrected chi connectivity index (χ3v) is 20.2. The minimum atomic E-state index is -0.426. The van der Waals surface area contributed by atoms with Crippen LogP contribution in [0.3, 0.4) is 0 Å². The molecule has 690 valence electrons. The van der Waals surface area contributed by atoms with Gasteiger partial charge in [0.05, 0.1) is 32.7 Å². The van der Waals surface area contributed by atoms with E-state index in [2.05, 4.69) is 125 Å². The fourth-order valence-electron chi connectivity index (χ4n) is 11.9. The number of nitrogens with zero attached hydrogens (tertiary/aromatic N) is 5. The molecule has 130 heavy (non-hydrogen) atoms. The normalized spacial score (nSPS) is 9.86. The van der Waals surface area contributed by atoms with Crippen LogP contribution in [0.2, 0.25) is 0 Å². The molecule has 0 unspecified atom stereocenters. The summed E-state index contributed by atoms with van der Waals surface area (Å²) in [5, 5.41) is 17.9. The van der Waals surface area contributed by atoms with E-state index in [1.54, 1.807) is 115 Å². The molecule has 14 aromatic rings. The van der Waals surface area contributed by atoms with Gasteiger partial charge in [-0.2, -0.15) is 4.73 Å². The molecule has 14 rings (SSSR count). The van der Waals surface area contributed by atoms with Crippen LogP contribution in [-0.2, 0) is 0 Å². The number of aromatic nitrogens is 5. The summed E-state index contributed by atoms with van der Waals surface area (Å²) in [6.07, 6.45) is 8.06. The summed E-state index contributed by atoms with van der Waals surface area (Å²) in [7, 11) is 0. The standard InChI is InChI=1S/C23H21NO2.C22H20N2O2.C16H16O.C15H15NO.C11H13NS.C9H12N2O.C8H11NO.9CH4/c1-16(2)20-9-6-10-21(15-20)24-23(26)19-13-11-18(12-14-19)22(25)17-7-4-3-5-8-17;1-15(2)20-13-12-19(14-23-20)24-22(26)18-10-8-17(9-11-18)21(25)16-6-4-3-5-7-16;1-12(2)13-8-10-15(11-9-13)16(17)14-6-4-3-5-7-14;1-11(2)14-9-8-13(10-16-14)15(17)12-6-4-3-5-7-12;1-7(2)9-4-5-11-10(6-9)12-8(3)13-11;1-6(2)7-3-8(9(10)12)5-11-4-7;1-7(2)8-5-3-4-6-9(8)10;;;;;;;;;/h3-16H,1-2H3,(H,24,26);3-15H,1-2H3,(H,24,26);3-12H,1-2H3;3-11H,1-2H3;4-7H,1-3H3;3-6H,1-2H3,(H2,10,12);3-7H,1-2H3;9*1H4. The number of hydrogen-bond donors (Lipinski definition) is 3. The highest BCUT2D eigenvalue weighted by molar-refractivity contribution is 7.18. The number of carbonyl (C=O) groups is 7. The topological polar surface area (TPSA) is 248 Å². The smallest absolute Gasteiger partial charge is 0.255 e. The highest BCUT2D eigenvalue weighted by Gasteiger charge is 2.17. The average molecular weight is 1770 g/mol. The molecular weight excluding hydrogens is 1630 g/mol. The number of rotatable bonds is 20. The van der Waals surface area contributed by atoms with Crippen molar-refractivity contribution < 1.29 is 38.3 Å². The van der Waals surface area contributed by atoms with E-state index in [1.165, 1.54) is 33.8 Å². The number of hydrogen-bond acceptors (Lipinski definition) is 13. The molecule has 0 radical (unpaired) electrons. The lowest BCUT2D eigenvalue weighted by molar-refractivity contribution is -0.615. The number of benzene rings is 9. The molecule has 4 N–H and O–H groups in total. The summed E-state index contributed by atoms with van der Waals surface area (Å²) in [6.45, 7) is 31.4. The SMILES string of the molecule is C.C.C.C.C.C.C.C.C.CC(C)c1ccc(C(=O)c2ccccc2)cc1.CC(C)c1ccc(C(=O)c2ccccc2)cn1.CC(C)c1ccc(NC(=O)c2ccc(C(=O)c3ccccc3)cc2)cn1.CC(C)c1cccc(NC(=O)c2ccc(C(=O)c3ccccc3)cc2)c1.CC(C)c1cccc[n+]1[O-].CC(C)c1cncc(C(N)=O)c1.Cc1nc2cc(C(C)C)ccc2s1. The van der Waals surface area contributed by atoms with Gasteiger partial charge in [0.25, 0.3) is 11.8 Å². The largest absolute Gasteiger partial charge is 0.618 e. The Hall–Kier alpha value is -13.6. The summed E-state index contributed by atoms with van der Waals surface area (Å²) in [5.74, 6) is 2.03. The molecule has 9 aromatic carbocycles. The van der Waals surface area contributed by atoms with Crippen molar-refractivity contribution in [1.82, 2.24) is 19.9 Å². The van der Waals surface area contributed by atoms with Crippen LogP contribution in [0.4, 0.5) is 11.4 Å². The first-order valence-corrected chi connectivity index (χ1v) is 41.4. The van der Waals surface area contributed by atoms with Gasteiger partial charge in [-0.05, 0) is 144 Å². The van der Waals surface area contributed by atoms with Gasteiger partial charge in [-0.25, -0.2) is 4.98 Å². The zero-order chi connectivity index (χ0) is 87.7. The Balaban J connectivity index is 0. The van der Waals surface area contributed by atoms with Crippen molar-refractivity contribution in [2.45, 2.75) is 212 Å². The van der Waals surface area contributed by atoms with Crippen LogP contribution >= 0.6 is 11.3 Å². The van der Waals surface area contributed by atoms with Gasteiger partial charge in [0.15, 0.2) is 35.0 Å². The Morgan fingerprint density at radius 3 is 1.05 bits per heavy atom. The van der Waals surface area contributed by atoms with Crippen molar-refractivity contribution in [3.05, 3.63) is 427 Å². The molecule has 0 saturated heterocycles. The molecule has 0 saturated carbocycles. The molecular formula is C113H144N8O8S. The number of anilines is 2. The van der Waals surface area contributed by atoms with E-state index in [9.17, 15) is 38.8 Å². The average Bonchev–Trinajstić information content (AvgIpc) is 1.65. The van der Waals surface area contributed by atoms with Crippen LogP contribution < -0.4 is 21.1 Å². The Morgan fingerprint density at radius 2 is 0.677 bits per heavy atom. The molecule has 0 aliphatic heterocycles. The van der Waals surface area contributed by atoms with Gasteiger partial charge in [0.2, 0.25) is 5.91 Å². The molecule has 0 aliphatic rings. The summed E-state index contributed by atoms with van der Waals surface area (Å²) < 4.78 is 2.20. The van der Waals surface area contributed by atoms with Gasteiger partial charge in [-0.15, -0.1) is 11.3 Å². The minimum absolute atomic E-state index is 0. The second kappa shape index (κ2) is 59.4. The quantitative estimate of drug-likeness (QED) is 0.0366. The maximum atomic E-state index is 12.5. The highest BCUT2D eigenvalue weighted by atomic mass is 32.1. The van der Waals surface area contributed by atoms with Crippen LogP contribution in [0.25, 0.3) is 10.2 Å². The minimum Gasteiger partial charge on any atom is -0.618 e. The summed E-state index contributed by atoms with van der Waals surface area (Å²) in [5.41, 5.74) is 22.0. The summed E-state index contributed by atoms with van der Waals surface area (Å²) in [4.78, 5) is 102. The van der Waals surface area contributed by atoms with E-state index >= 15 is 0 Å². The molecule has 16 nitrogen and oxygen atoms in total. The lowest BCUT2D eigenvalue weighted by Crippen LogP contribution is -2.31. The molecule has 0 atom stereocenters. The fourth-order valence-corrected chi connectivity index (χ4v) is 12.7. The first-order valence-electron chi connectivity index (χ1n) is 40.6. The van der Waals surface area contributed by atoms with Gasteiger partial charge >= 0.3 is 0 Å². The van der Waals surface area contributed by atoms with E-state index in [1.807, 2.05) is 210 Å². The van der Waals surface area contributed by atoms with Gasteiger partial charge in [0.1, 0.15) is 0 Å². The van der Waals surface area contributed by atoms with Crippen LogP contribution in [0.1, 0.15) is 344 Å². The molecule has 0 spiro atoms. The predicted octanol–water partition coefficient (Wildman–Crippen LogP) is 29.7. The van der Waals surface area contributed by atoms with Crippen molar-refractivity contribution >= 4 is 73.8 Å². The number of nitrogens with two attached hydrogens (primary N) is 1. The maximum Gasteiger partial charge on any atom is 0.255 e. The number of aryl methyl sites for hydroxylation is 1. The molecule has 0 aliphatic carbocycles. The Labute approximate surface area is 782 Å². The molecule has 0 fully saturated rings. The maximum absolute atomic E-state index is 12.5. The first kappa shape index (κ1) is 118. The summed E-state index contributed by atoms with van der Waals surface area (Å²) in [6, 6.07) is 87.2. The van der Waals surface area contributed by atoms with E-state index < -0.39 is 5.91 Å². The third kappa shape index (κ3) is 36.6. The second-order valence-electron chi connectivity index (χ2n) is 30.9. The first-order chi connectivity index (χ1) is 57.9. The van der Waals surface area contributed by atoms with E-state index in [0.29, 0.717) is 97.2 Å². The number of pyridine rings is 4. The van der Waals surface area contributed by atoms with Crippen molar-refractivity contribution in [2.24, 2.45) is 5.73 Å². The van der Waals surface area contributed by atoms with Crippen LogP contribution in [0.15, 0.2) is 316 Å². The van der Waals surface area contributed by atoms with Gasteiger partial charge < -0.3 is 21.6 Å². The van der Waals surface area contributed by atoms with Crippen LogP contribution in [0, 0.1) is 12.1 Å². The van der Waals surface area contributed by atoms with Crippen molar-refractivity contribution in [3.63, 3.8) is 0 Å². The van der Waals surface area contributed by atoms with E-state index in [0.717, 1.165) is 54.7 Å². The number of fused-ring (bicyclic) bond motifs is 1. The Morgan fingerprint density at radius 1 is 0.315 bits per heavy atom. The number of ketones is 4. The summed E-state index contributed by atoms with van der Waals surface area (Å²) >= 11 is 1.76.